The van der Waals surface area contributed by atoms with Crippen molar-refractivity contribution in [2.75, 3.05) is 21.3 Å². The highest BCUT2D eigenvalue weighted by atomic mass is 16.5. The topological polar surface area (TPSA) is 44.8 Å². The second-order valence-corrected chi connectivity index (χ2v) is 6.18. The Labute approximate surface area is 155 Å². The van der Waals surface area contributed by atoms with Crippen molar-refractivity contribution in [2.24, 2.45) is 0 Å². The molecule has 0 saturated heterocycles. The van der Waals surface area contributed by atoms with Gasteiger partial charge in [0.15, 0.2) is 11.5 Å². The van der Waals surface area contributed by atoms with Gasteiger partial charge in [0.25, 0.3) is 0 Å². The summed E-state index contributed by atoms with van der Waals surface area (Å²) in [6, 6.07) is 13.5. The van der Waals surface area contributed by atoms with Gasteiger partial charge in [-0.1, -0.05) is 29.8 Å². The minimum atomic E-state index is 0.196. The van der Waals surface area contributed by atoms with Gasteiger partial charge in [-0.05, 0) is 48.7 Å². The zero-order valence-corrected chi connectivity index (χ0v) is 15.9. The van der Waals surface area contributed by atoms with Crippen molar-refractivity contribution >= 4 is 5.78 Å². The first-order valence-corrected chi connectivity index (χ1v) is 8.57. The van der Waals surface area contributed by atoms with Crippen LogP contribution in [0.2, 0.25) is 0 Å². The number of benzene rings is 2. The summed E-state index contributed by atoms with van der Waals surface area (Å²) in [7, 11) is 4.88. The molecule has 0 radical (unpaired) electrons. The van der Waals surface area contributed by atoms with Gasteiger partial charge < -0.3 is 14.2 Å². The number of carbonyl (C=O) groups is 1. The molecule has 4 heteroatoms. The summed E-state index contributed by atoms with van der Waals surface area (Å²) in [6.45, 7) is 2.04. The SMILES string of the molecule is COc1ccc(CC(=O)C/C=C(\C)Cc2ccc(OC)c(OC)c2)cc1. The molecule has 0 aliphatic heterocycles. The van der Waals surface area contributed by atoms with Crippen molar-refractivity contribution in [3.63, 3.8) is 0 Å². The van der Waals surface area contributed by atoms with E-state index < -0.39 is 0 Å². The van der Waals surface area contributed by atoms with Gasteiger partial charge in [0.2, 0.25) is 0 Å². The molecule has 0 heterocycles. The van der Waals surface area contributed by atoms with Crippen molar-refractivity contribution in [3.8, 4) is 17.2 Å². The van der Waals surface area contributed by atoms with Gasteiger partial charge in [-0.25, -0.2) is 0 Å². The molecule has 0 aliphatic carbocycles. The minimum absolute atomic E-state index is 0.196. The summed E-state index contributed by atoms with van der Waals surface area (Å²) in [5.41, 5.74) is 3.28. The summed E-state index contributed by atoms with van der Waals surface area (Å²) in [4.78, 5) is 12.2. The van der Waals surface area contributed by atoms with Crippen molar-refractivity contribution in [1.82, 2.24) is 0 Å². The lowest BCUT2D eigenvalue weighted by atomic mass is 10.0. The van der Waals surface area contributed by atoms with Crippen molar-refractivity contribution in [1.29, 1.82) is 0 Å². The molecule has 0 aromatic heterocycles. The van der Waals surface area contributed by atoms with E-state index in [9.17, 15) is 4.79 Å². The highest BCUT2D eigenvalue weighted by molar-refractivity contribution is 5.82. The Morgan fingerprint density at radius 3 is 2.12 bits per heavy atom. The fraction of sp³-hybridized carbons (Fsp3) is 0.318. The van der Waals surface area contributed by atoms with Crippen LogP contribution >= 0.6 is 0 Å². The summed E-state index contributed by atoms with van der Waals surface area (Å²) >= 11 is 0. The summed E-state index contributed by atoms with van der Waals surface area (Å²) in [5, 5.41) is 0. The summed E-state index contributed by atoms with van der Waals surface area (Å²) in [5.74, 6) is 2.43. The van der Waals surface area contributed by atoms with E-state index in [-0.39, 0.29) is 5.78 Å². The maximum atomic E-state index is 12.2. The highest BCUT2D eigenvalue weighted by Crippen LogP contribution is 2.28. The molecule has 0 bridgehead atoms. The Bertz CT molecular complexity index is 760. The molecule has 138 valence electrons. The van der Waals surface area contributed by atoms with Crippen molar-refractivity contribution < 1.29 is 19.0 Å². The van der Waals surface area contributed by atoms with Gasteiger partial charge in [0.05, 0.1) is 21.3 Å². The fourth-order valence-electron chi connectivity index (χ4n) is 2.72. The molecule has 0 spiro atoms. The molecule has 2 rings (SSSR count). The maximum Gasteiger partial charge on any atom is 0.160 e. The van der Waals surface area contributed by atoms with Crippen LogP contribution in [0.15, 0.2) is 54.1 Å². The zero-order chi connectivity index (χ0) is 18.9. The van der Waals surface area contributed by atoms with E-state index >= 15 is 0 Å². The minimum Gasteiger partial charge on any atom is -0.497 e. The third-order valence-electron chi connectivity index (χ3n) is 4.17. The number of hydrogen-bond acceptors (Lipinski definition) is 4. The Morgan fingerprint density at radius 2 is 1.50 bits per heavy atom. The van der Waals surface area contributed by atoms with E-state index in [4.69, 9.17) is 14.2 Å². The van der Waals surface area contributed by atoms with E-state index in [1.807, 2.05) is 55.5 Å². The maximum absolute atomic E-state index is 12.2. The zero-order valence-electron chi connectivity index (χ0n) is 15.9. The summed E-state index contributed by atoms with van der Waals surface area (Å²) < 4.78 is 15.7. The third kappa shape index (κ3) is 5.66. The van der Waals surface area contributed by atoms with Crippen LogP contribution in [0.1, 0.15) is 24.5 Å². The number of ether oxygens (including phenoxy) is 3. The number of rotatable bonds is 9. The molecule has 0 fully saturated rings. The van der Waals surface area contributed by atoms with Crippen LogP contribution in [0.25, 0.3) is 0 Å². The normalized spacial score (nSPS) is 11.2. The number of allylic oxidation sites excluding steroid dienone is 2. The van der Waals surface area contributed by atoms with E-state index in [1.165, 1.54) is 0 Å². The van der Waals surface area contributed by atoms with Crippen LogP contribution in [0.3, 0.4) is 0 Å². The molecule has 0 N–H and O–H groups in total. The first-order valence-electron chi connectivity index (χ1n) is 8.57. The Hall–Kier alpha value is -2.75. The van der Waals surface area contributed by atoms with Gasteiger partial charge in [-0.3, -0.25) is 4.79 Å². The second kappa shape index (κ2) is 9.66. The lowest BCUT2D eigenvalue weighted by Crippen LogP contribution is -2.01. The second-order valence-electron chi connectivity index (χ2n) is 6.18. The standard InChI is InChI=1S/C22H26O4/c1-16(13-18-8-12-21(25-3)22(15-18)26-4)5-9-19(23)14-17-6-10-20(24-2)11-7-17/h5-8,10-12,15H,9,13-14H2,1-4H3/b16-5+. The van der Waals surface area contributed by atoms with Crippen LogP contribution in [0.4, 0.5) is 0 Å². The number of hydrogen-bond donors (Lipinski definition) is 0. The Balaban J connectivity index is 1.91. The third-order valence-corrected chi connectivity index (χ3v) is 4.17. The number of ketones is 1. The van der Waals surface area contributed by atoms with Gasteiger partial charge in [0.1, 0.15) is 11.5 Å². The van der Waals surface area contributed by atoms with Gasteiger partial charge in [0, 0.05) is 12.8 Å². The first kappa shape index (κ1) is 19.6. The molecular formula is C22H26O4. The molecule has 0 saturated carbocycles. The lowest BCUT2D eigenvalue weighted by molar-refractivity contribution is -0.117. The molecule has 0 unspecified atom stereocenters. The predicted octanol–water partition coefficient (Wildman–Crippen LogP) is 4.40. The van der Waals surface area contributed by atoms with Crippen LogP contribution in [-0.4, -0.2) is 27.1 Å². The van der Waals surface area contributed by atoms with Crippen molar-refractivity contribution in [3.05, 3.63) is 65.2 Å². The quantitative estimate of drug-likeness (QED) is 0.626. The average molecular weight is 354 g/mol. The molecule has 26 heavy (non-hydrogen) atoms. The van der Waals surface area contributed by atoms with Crippen LogP contribution in [0, 0.1) is 0 Å². The molecular weight excluding hydrogens is 328 g/mol. The fourth-order valence-corrected chi connectivity index (χ4v) is 2.72. The molecule has 0 atom stereocenters. The van der Waals surface area contributed by atoms with Crippen molar-refractivity contribution in [2.45, 2.75) is 26.2 Å². The lowest BCUT2D eigenvalue weighted by Gasteiger charge is -2.10. The number of methoxy groups -OCH3 is 3. The van der Waals surface area contributed by atoms with Crippen LogP contribution in [0.5, 0.6) is 17.2 Å². The van der Waals surface area contributed by atoms with E-state index in [0.29, 0.717) is 24.3 Å². The Kier molecular flexibility index (Phi) is 7.27. The van der Waals surface area contributed by atoms with Crippen LogP contribution < -0.4 is 14.2 Å². The van der Waals surface area contributed by atoms with Gasteiger partial charge >= 0.3 is 0 Å². The summed E-state index contributed by atoms with van der Waals surface area (Å²) in [6.07, 6.45) is 3.65. The molecule has 2 aromatic carbocycles. The smallest absolute Gasteiger partial charge is 0.160 e. The predicted molar refractivity (Wildman–Crippen MR) is 103 cm³/mol. The average Bonchev–Trinajstić information content (AvgIpc) is 2.67. The van der Waals surface area contributed by atoms with E-state index in [0.717, 1.165) is 28.9 Å². The first-order chi connectivity index (χ1) is 12.5. The van der Waals surface area contributed by atoms with Crippen LogP contribution in [-0.2, 0) is 17.6 Å². The van der Waals surface area contributed by atoms with E-state index in [1.54, 1.807) is 21.3 Å². The monoisotopic (exact) mass is 354 g/mol. The highest BCUT2D eigenvalue weighted by Gasteiger charge is 2.06. The van der Waals surface area contributed by atoms with Gasteiger partial charge in [-0.15, -0.1) is 0 Å². The number of carbonyl (C=O) groups excluding carboxylic acids is 1. The molecule has 2 aromatic rings. The van der Waals surface area contributed by atoms with Gasteiger partial charge in [-0.2, -0.15) is 0 Å². The Morgan fingerprint density at radius 1 is 0.846 bits per heavy atom. The molecule has 0 amide bonds. The molecule has 0 aliphatic rings. The largest absolute Gasteiger partial charge is 0.497 e. The molecule has 4 nitrogen and oxygen atoms in total. The van der Waals surface area contributed by atoms with E-state index in [2.05, 4.69) is 0 Å². The number of Topliss-reactive ketones (excluding diaryl/α,β-unsaturated/α-hetero) is 1.